The lowest BCUT2D eigenvalue weighted by molar-refractivity contribution is -0.758. The Morgan fingerprint density at radius 3 is 2.07 bits per heavy atom. The smallest absolute Gasteiger partial charge is 0.370 e. The molecule has 0 atom stereocenters. The Bertz CT molecular complexity index is 242. The molecule has 1 N–H and O–H groups in total. The second kappa shape index (κ2) is 6.35. The average molecular weight is 242 g/mol. The van der Waals surface area contributed by atoms with Gasteiger partial charge in [-0.3, -0.25) is 14.3 Å². The van der Waals surface area contributed by atoms with Crippen LogP contribution in [0, 0.1) is 0 Å². The molecule has 5 nitrogen and oxygen atoms in total. The highest BCUT2D eigenvalue weighted by atomic mass is 32.5. The van der Waals surface area contributed by atoms with Crippen molar-refractivity contribution in [3.05, 3.63) is 0 Å². The zero-order valence-electron chi connectivity index (χ0n) is 8.89. The predicted molar refractivity (Wildman–Crippen MR) is 57.3 cm³/mol. The molecule has 0 aliphatic carbocycles. The molecule has 0 saturated heterocycles. The Morgan fingerprint density at radius 1 is 1.36 bits per heavy atom. The molecular weight excluding hydrogens is 225 g/mol. The van der Waals surface area contributed by atoms with Crippen molar-refractivity contribution >= 4 is 24.4 Å². The quantitative estimate of drug-likeness (QED) is 0.199. The van der Waals surface area contributed by atoms with Gasteiger partial charge in [0, 0.05) is 16.5 Å². The van der Waals surface area contributed by atoms with Gasteiger partial charge in [-0.2, -0.15) is 0 Å². The van der Waals surface area contributed by atoms with E-state index in [0.29, 0.717) is 13.2 Å². The van der Waals surface area contributed by atoms with Crippen LogP contribution < -0.4 is 0 Å². The van der Waals surface area contributed by atoms with Crippen LogP contribution in [-0.2, 0) is 25.4 Å². The van der Waals surface area contributed by atoms with E-state index in [0.717, 1.165) is 4.74 Å². The fourth-order valence-electron chi connectivity index (χ4n) is 0.627. The van der Waals surface area contributed by atoms with Gasteiger partial charge >= 0.3 is 12.6 Å². The molecule has 0 heterocycles. The van der Waals surface area contributed by atoms with Gasteiger partial charge in [0.05, 0.1) is 20.1 Å². The number of hydrogen-bond acceptors (Lipinski definition) is 5. The SMILES string of the molecule is CCOP(=S)(OCC)OC(C)=[N+](C)O. The van der Waals surface area contributed by atoms with Crippen LogP contribution in [0.5, 0.6) is 0 Å². The first-order valence-corrected chi connectivity index (χ1v) is 6.85. The molecule has 0 aromatic rings. The fourth-order valence-corrected chi connectivity index (χ4v) is 2.84. The first-order valence-electron chi connectivity index (χ1n) is 4.30. The van der Waals surface area contributed by atoms with E-state index in [-0.39, 0.29) is 5.90 Å². The second-order valence-electron chi connectivity index (χ2n) is 2.42. The zero-order chi connectivity index (χ0) is 11.2. The highest BCUT2D eigenvalue weighted by molar-refractivity contribution is 8.07. The molecule has 0 rings (SSSR count). The van der Waals surface area contributed by atoms with Crippen LogP contribution in [0.4, 0.5) is 0 Å². The molecule has 0 amide bonds. The summed E-state index contributed by atoms with van der Waals surface area (Å²) in [6.45, 7) is 3.29. The average Bonchev–Trinajstić information content (AvgIpc) is 2.04. The largest absolute Gasteiger partial charge is 0.387 e. The third-order valence-electron chi connectivity index (χ3n) is 1.27. The highest BCUT2D eigenvalue weighted by Crippen LogP contribution is 2.49. The summed E-state index contributed by atoms with van der Waals surface area (Å²) in [5.41, 5.74) is 0. The summed E-state index contributed by atoms with van der Waals surface area (Å²) in [6, 6.07) is 0. The van der Waals surface area contributed by atoms with Crippen LogP contribution in [0.3, 0.4) is 0 Å². The Labute approximate surface area is 89.5 Å². The van der Waals surface area contributed by atoms with Gasteiger partial charge in [0.15, 0.2) is 7.05 Å². The number of nitrogens with zero attached hydrogens (tertiary/aromatic N) is 1. The summed E-state index contributed by atoms with van der Waals surface area (Å²) in [6.07, 6.45) is 0. The van der Waals surface area contributed by atoms with E-state index in [4.69, 9.17) is 30.6 Å². The summed E-state index contributed by atoms with van der Waals surface area (Å²) >= 11 is 5.08. The van der Waals surface area contributed by atoms with E-state index in [2.05, 4.69) is 0 Å². The van der Waals surface area contributed by atoms with Crippen molar-refractivity contribution in [3.63, 3.8) is 0 Å². The van der Waals surface area contributed by atoms with Gasteiger partial charge in [0.25, 0.3) is 0 Å². The van der Waals surface area contributed by atoms with Crippen LogP contribution in [0.25, 0.3) is 0 Å². The topological polar surface area (TPSA) is 50.9 Å². The zero-order valence-corrected chi connectivity index (χ0v) is 10.6. The Morgan fingerprint density at radius 2 is 1.79 bits per heavy atom. The molecule has 84 valence electrons. The standard InChI is InChI=1S/C7H17NO4PS/c1-5-10-13(14,11-6-2)12-7(3)8(4)9/h9H,5-6H2,1-4H3/q+1. The summed E-state index contributed by atoms with van der Waals surface area (Å²) in [7, 11) is 1.44. The van der Waals surface area contributed by atoms with Crippen molar-refractivity contribution in [2.75, 3.05) is 20.3 Å². The van der Waals surface area contributed by atoms with Gasteiger partial charge in [0.1, 0.15) is 0 Å². The molecular formula is C7H17NO4PS+. The van der Waals surface area contributed by atoms with Gasteiger partial charge in [0.2, 0.25) is 0 Å². The van der Waals surface area contributed by atoms with E-state index >= 15 is 0 Å². The lowest BCUT2D eigenvalue weighted by Crippen LogP contribution is -2.14. The minimum atomic E-state index is -2.73. The van der Waals surface area contributed by atoms with Gasteiger partial charge in [-0.05, 0) is 13.8 Å². The third-order valence-corrected chi connectivity index (χ3v) is 3.77. The molecule has 0 fully saturated rings. The maximum absolute atomic E-state index is 9.05. The van der Waals surface area contributed by atoms with E-state index in [1.54, 1.807) is 20.8 Å². The molecule has 0 radical (unpaired) electrons. The molecule has 0 aromatic heterocycles. The van der Waals surface area contributed by atoms with E-state index in [1.807, 2.05) is 0 Å². The van der Waals surface area contributed by atoms with Crippen molar-refractivity contribution in [1.29, 1.82) is 0 Å². The van der Waals surface area contributed by atoms with Gasteiger partial charge < -0.3 is 4.52 Å². The maximum atomic E-state index is 9.05. The van der Waals surface area contributed by atoms with Crippen LogP contribution in [0.15, 0.2) is 0 Å². The van der Waals surface area contributed by atoms with Crippen LogP contribution in [0.2, 0.25) is 0 Å². The fraction of sp³-hybridized carbons (Fsp3) is 0.857. The molecule has 0 aliphatic rings. The van der Waals surface area contributed by atoms with Crippen molar-refractivity contribution in [2.24, 2.45) is 0 Å². The molecule has 14 heavy (non-hydrogen) atoms. The minimum absolute atomic E-state index is 0.259. The van der Waals surface area contributed by atoms with Gasteiger partial charge in [-0.1, -0.05) is 0 Å². The normalized spacial score (nSPS) is 13.7. The molecule has 0 aliphatic heterocycles. The van der Waals surface area contributed by atoms with Crippen LogP contribution >= 0.6 is 6.72 Å². The Balaban J connectivity index is 4.52. The molecule has 0 aromatic carbocycles. The molecule has 0 bridgehead atoms. The summed E-state index contributed by atoms with van der Waals surface area (Å²) in [5.74, 6) is 0.259. The maximum Gasteiger partial charge on any atom is 0.387 e. The van der Waals surface area contributed by atoms with Crippen molar-refractivity contribution in [3.8, 4) is 0 Å². The van der Waals surface area contributed by atoms with Crippen molar-refractivity contribution < 1.29 is 23.5 Å². The van der Waals surface area contributed by atoms with Crippen LogP contribution in [0.1, 0.15) is 20.8 Å². The van der Waals surface area contributed by atoms with E-state index in [1.165, 1.54) is 7.05 Å². The molecule has 0 saturated carbocycles. The van der Waals surface area contributed by atoms with Crippen molar-refractivity contribution in [1.82, 2.24) is 0 Å². The van der Waals surface area contributed by atoms with E-state index in [9.17, 15) is 0 Å². The first kappa shape index (κ1) is 13.8. The Kier molecular flexibility index (Phi) is 6.27. The van der Waals surface area contributed by atoms with Crippen molar-refractivity contribution in [2.45, 2.75) is 20.8 Å². The highest BCUT2D eigenvalue weighted by Gasteiger charge is 2.25. The predicted octanol–water partition coefficient (Wildman–Crippen LogP) is 1.75. The van der Waals surface area contributed by atoms with E-state index < -0.39 is 6.72 Å². The number of hydrogen-bond donors (Lipinski definition) is 1. The minimum Gasteiger partial charge on any atom is -0.370 e. The second-order valence-corrected chi connectivity index (χ2v) is 5.35. The molecule has 0 unspecified atom stereocenters. The lowest BCUT2D eigenvalue weighted by Gasteiger charge is -2.18. The Hall–Kier alpha value is -0.160. The lowest BCUT2D eigenvalue weighted by atomic mass is 10.8. The first-order chi connectivity index (χ1) is 6.45. The third kappa shape index (κ3) is 4.91. The summed E-state index contributed by atoms with van der Waals surface area (Å²) < 4.78 is 16.5. The molecule has 0 spiro atoms. The monoisotopic (exact) mass is 242 g/mol. The summed E-state index contributed by atoms with van der Waals surface area (Å²) in [4.78, 5) is 0. The summed E-state index contributed by atoms with van der Waals surface area (Å²) in [5, 5.41) is 9.05. The van der Waals surface area contributed by atoms with Crippen LogP contribution in [-0.4, -0.2) is 36.1 Å². The van der Waals surface area contributed by atoms with Gasteiger partial charge in [-0.25, -0.2) is 0 Å². The van der Waals surface area contributed by atoms with Gasteiger partial charge in [-0.15, -0.1) is 0 Å². The number of hydroxylamine groups is 1. The molecule has 7 heteroatoms. The number of rotatable bonds is 5.